The fourth-order valence-corrected chi connectivity index (χ4v) is 5.66. The zero-order valence-electron chi connectivity index (χ0n) is 23.8. The molecule has 0 spiro atoms. The number of benzene rings is 1. The number of anilines is 2. The zero-order valence-corrected chi connectivity index (χ0v) is 23.8. The van der Waals surface area contributed by atoms with E-state index in [1.807, 2.05) is 38.1 Å². The van der Waals surface area contributed by atoms with E-state index in [0.29, 0.717) is 18.7 Å². The lowest BCUT2D eigenvalue weighted by Gasteiger charge is -2.38. The van der Waals surface area contributed by atoms with E-state index in [4.69, 9.17) is 9.72 Å². The first-order chi connectivity index (χ1) is 20.3. The number of nitrogens with zero attached hydrogens (tertiary/aromatic N) is 5. The molecular weight excluding hydrogens is 535 g/mol. The Balaban J connectivity index is 1.14. The number of hydrogen-bond acceptors (Lipinski definition) is 7. The fourth-order valence-electron chi connectivity index (χ4n) is 5.66. The third-order valence-electron chi connectivity index (χ3n) is 8.13. The first kappa shape index (κ1) is 27.5. The maximum absolute atomic E-state index is 13.6. The van der Waals surface area contributed by atoms with Crippen molar-refractivity contribution in [3.05, 3.63) is 89.9 Å². The average Bonchev–Trinajstić information content (AvgIpc) is 3.64. The van der Waals surface area contributed by atoms with Gasteiger partial charge in [0.15, 0.2) is 17.5 Å². The van der Waals surface area contributed by atoms with Crippen molar-refractivity contribution in [2.75, 3.05) is 12.4 Å². The van der Waals surface area contributed by atoms with Crippen molar-refractivity contribution >= 4 is 28.3 Å². The molecule has 0 radical (unpaired) electrons. The second-order valence-electron chi connectivity index (χ2n) is 10.9. The first-order valence-corrected chi connectivity index (χ1v) is 14.0. The number of H-pyrrole nitrogens is 1. The lowest BCUT2D eigenvalue weighted by atomic mass is 9.76. The van der Waals surface area contributed by atoms with Gasteiger partial charge in [0.2, 0.25) is 0 Å². The lowest BCUT2D eigenvalue weighted by Crippen LogP contribution is -2.50. The maximum atomic E-state index is 13.6. The van der Waals surface area contributed by atoms with Crippen LogP contribution in [0.1, 0.15) is 61.5 Å². The second-order valence-corrected chi connectivity index (χ2v) is 10.9. The third-order valence-corrected chi connectivity index (χ3v) is 8.13. The minimum Gasteiger partial charge on any atom is -0.368 e. The Labute approximate surface area is 242 Å². The molecule has 1 aliphatic rings. The van der Waals surface area contributed by atoms with Crippen LogP contribution in [-0.2, 0) is 9.53 Å². The Bertz CT molecular complexity index is 1710. The molecule has 11 heteroatoms. The van der Waals surface area contributed by atoms with Gasteiger partial charge in [0, 0.05) is 42.1 Å². The summed E-state index contributed by atoms with van der Waals surface area (Å²) < 4.78 is 20.6. The summed E-state index contributed by atoms with van der Waals surface area (Å²) in [5, 5.41) is 19.8. The summed E-state index contributed by atoms with van der Waals surface area (Å²) in [5.41, 5.74) is 1.86. The van der Waals surface area contributed by atoms with Gasteiger partial charge in [-0.15, -0.1) is 0 Å². The molecule has 3 N–H and O–H groups in total. The molecule has 1 aromatic carbocycles. The molecule has 42 heavy (non-hydrogen) atoms. The van der Waals surface area contributed by atoms with Crippen LogP contribution in [-0.4, -0.2) is 48.6 Å². The third kappa shape index (κ3) is 5.47. The highest BCUT2D eigenvalue weighted by atomic mass is 19.1. The molecule has 0 aliphatic heterocycles. The largest absolute Gasteiger partial charge is 0.368 e. The number of methoxy groups -OCH3 is 1. The number of aryl methyl sites for hydroxylation is 1. The molecule has 1 fully saturated rings. The molecule has 4 heterocycles. The van der Waals surface area contributed by atoms with Gasteiger partial charge in [0.1, 0.15) is 11.4 Å². The van der Waals surface area contributed by atoms with E-state index in [0.717, 1.165) is 58.4 Å². The Morgan fingerprint density at radius 1 is 1.17 bits per heavy atom. The molecule has 5 aromatic rings. The molecule has 216 valence electrons. The number of ether oxygens (including phenoxy) is 1. The van der Waals surface area contributed by atoms with Crippen LogP contribution in [0.4, 0.5) is 16.0 Å². The molecule has 4 aromatic heterocycles. The molecule has 0 unspecified atom stereocenters. The van der Waals surface area contributed by atoms with Crippen LogP contribution in [0.15, 0.2) is 67.1 Å². The summed E-state index contributed by atoms with van der Waals surface area (Å²) in [4.78, 5) is 23.0. The van der Waals surface area contributed by atoms with Crippen LogP contribution in [0.3, 0.4) is 0 Å². The number of carbonyl (C=O) groups excluding carboxylic acids is 1. The number of aromatic nitrogens is 6. The first-order valence-electron chi connectivity index (χ1n) is 14.0. The number of hydrogen-bond donors (Lipinski definition) is 3. The minimum atomic E-state index is -0.921. The predicted molar refractivity (Wildman–Crippen MR) is 157 cm³/mol. The fraction of sp³-hybridized carbons (Fsp3) is 0.323. The van der Waals surface area contributed by atoms with Gasteiger partial charge in [-0.3, -0.25) is 9.89 Å². The summed E-state index contributed by atoms with van der Waals surface area (Å²) in [5.74, 6) is 1.59. The van der Waals surface area contributed by atoms with Gasteiger partial charge in [-0.05, 0) is 62.6 Å². The van der Waals surface area contributed by atoms with Crippen molar-refractivity contribution in [2.45, 2.75) is 57.1 Å². The molecule has 1 saturated carbocycles. The average molecular weight is 569 g/mol. The van der Waals surface area contributed by atoms with E-state index >= 15 is 0 Å². The molecule has 0 saturated heterocycles. The van der Waals surface area contributed by atoms with Gasteiger partial charge in [0.25, 0.3) is 5.91 Å². The van der Waals surface area contributed by atoms with E-state index in [2.05, 4.69) is 49.1 Å². The number of carbonyl (C=O) groups is 1. The van der Waals surface area contributed by atoms with Crippen molar-refractivity contribution < 1.29 is 13.9 Å². The van der Waals surface area contributed by atoms with Gasteiger partial charge in [-0.25, -0.2) is 19.0 Å². The quantitative estimate of drug-likeness (QED) is 0.221. The van der Waals surface area contributed by atoms with Crippen molar-refractivity contribution in [2.24, 2.45) is 0 Å². The van der Waals surface area contributed by atoms with Crippen LogP contribution in [0.5, 0.6) is 0 Å². The molecular formula is C31H33FN8O2. The number of nitrogens with one attached hydrogen (secondary N) is 3. The smallest absolute Gasteiger partial charge is 0.252 e. The molecule has 1 amide bonds. The van der Waals surface area contributed by atoms with Gasteiger partial charge in [-0.2, -0.15) is 10.2 Å². The highest BCUT2D eigenvalue weighted by Gasteiger charge is 2.43. The molecule has 0 bridgehead atoms. The van der Waals surface area contributed by atoms with Crippen LogP contribution < -0.4 is 10.6 Å². The number of pyridine rings is 2. The highest BCUT2D eigenvalue weighted by Crippen LogP contribution is 2.41. The van der Waals surface area contributed by atoms with Crippen molar-refractivity contribution in [1.82, 2.24) is 35.3 Å². The SMILES string of the molecule is COC1(C(=O)N[C@@H](C)c2ccc(-n3cc(F)cn3)nc2)CCC(c2cc3ccccc3c(Nc3cc(C)[nH]n3)n2)CC1. The number of amides is 1. The van der Waals surface area contributed by atoms with Crippen LogP contribution in [0.2, 0.25) is 0 Å². The van der Waals surface area contributed by atoms with Gasteiger partial charge in [0.05, 0.1) is 18.4 Å². The summed E-state index contributed by atoms with van der Waals surface area (Å²) >= 11 is 0. The van der Waals surface area contributed by atoms with Crippen LogP contribution >= 0.6 is 0 Å². The van der Waals surface area contributed by atoms with Gasteiger partial charge in [-0.1, -0.05) is 30.3 Å². The molecule has 10 nitrogen and oxygen atoms in total. The van der Waals surface area contributed by atoms with E-state index < -0.39 is 11.4 Å². The predicted octanol–water partition coefficient (Wildman–Crippen LogP) is 5.65. The number of aromatic amines is 1. The Hall–Kier alpha value is -4.64. The summed E-state index contributed by atoms with van der Waals surface area (Å²) in [6, 6.07) is 15.6. The second kappa shape index (κ2) is 11.3. The minimum absolute atomic E-state index is 0.142. The van der Waals surface area contributed by atoms with E-state index in [1.54, 1.807) is 19.4 Å². The Kier molecular flexibility index (Phi) is 7.42. The van der Waals surface area contributed by atoms with Gasteiger partial charge >= 0.3 is 0 Å². The van der Waals surface area contributed by atoms with Crippen LogP contribution in [0, 0.1) is 12.7 Å². The standard InChI is InChI=1S/C31H33FN8O2/c1-19-14-27(39-38-19)37-29-25-7-5-4-6-22(25)15-26(36-29)21-10-12-31(42-3,13-11-21)30(41)35-20(2)23-8-9-28(33-16-23)40-18-24(32)17-34-40/h4-9,14-18,20-21H,10-13H2,1-3H3,(H,35,41)(H2,36,37,38,39)/t20-,21?,31?/m0/s1. The summed E-state index contributed by atoms with van der Waals surface area (Å²) in [6.07, 6.45) is 6.73. The lowest BCUT2D eigenvalue weighted by molar-refractivity contribution is -0.148. The summed E-state index contributed by atoms with van der Waals surface area (Å²) in [7, 11) is 1.60. The van der Waals surface area contributed by atoms with Crippen molar-refractivity contribution in [3.8, 4) is 5.82 Å². The number of rotatable bonds is 8. The number of fused-ring (bicyclic) bond motifs is 1. The normalized spacial score (nSPS) is 19.5. The molecule has 1 atom stereocenters. The van der Waals surface area contributed by atoms with Gasteiger partial charge < -0.3 is 15.4 Å². The van der Waals surface area contributed by atoms with Crippen molar-refractivity contribution in [3.63, 3.8) is 0 Å². The number of halogens is 1. The molecule has 1 aliphatic carbocycles. The summed E-state index contributed by atoms with van der Waals surface area (Å²) in [6.45, 7) is 3.87. The maximum Gasteiger partial charge on any atom is 0.252 e. The van der Waals surface area contributed by atoms with Crippen LogP contribution in [0.25, 0.3) is 16.6 Å². The highest BCUT2D eigenvalue weighted by molar-refractivity contribution is 5.93. The van der Waals surface area contributed by atoms with Crippen molar-refractivity contribution in [1.29, 1.82) is 0 Å². The Morgan fingerprint density at radius 2 is 1.98 bits per heavy atom. The van der Waals surface area contributed by atoms with E-state index in [-0.39, 0.29) is 17.9 Å². The topological polar surface area (TPSA) is 123 Å². The Morgan fingerprint density at radius 3 is 2.64 bits per heavy atom. The molecule has 6 rings (SSSR count). The monoisotopic (exact) mass is 568 g/mol. The zero-order chi connectivity index (χ0) is 29.3. The van der Waals surface area contributed by atoms with E-state index in [9.17, 15) is 9.18 Å². The van der Waals surface area contributed by atoms with E-state index in [1.165, 1.54) is 10.9 Å².